The van der Waals surface area contributed by atoms with Crippen molar-refractivity contribution in [3.63, 3.8) is 0 Å². The average molecular weight is 638 g/mol. The van der Waals surface area contributed by atoms with Crippen molar-refractivity contribution in [2.45, 2.75) is 57.9 Å². The van der Waals surface area contributed by atoms with E-state index in [9.17, 15) is 22.4 Å². The number of anilines is 1. The number of piperazine rings is 1. The maximum absolute atomic E-state index is 15.8. The van der Waals surface area contributed by atoms with Crippen LogP contribution in [0.25, 0.3) is 22.3 Å². The number of alkyl halides is 3. The van der Waals surface area contributed by atoms with E-state index in [1.54, 1.807) is 22.8 Å². The third-order valence-electron chi connectivity index (χ3n) is 8.45. The molecule has 46 heavy (non-hydrogen) atoms. The number of aromatic nitrogens is 3. The van der Waals surface area contributed by atoms with Crippen LogP contribution in [-0.4, -0.2) is 39.9 Å². The Balaban J connectivity index is 1.48. The van der Waals surface area contributed by atoms with Gasteiger partial charge in [-0.3, -0.25) is 4.79 Å². The van der Waals surface area contributed by atoms with E-state index in [2.05, 4.69) is 15.5 Å². The molecular formula is C34H32F5N5O2. The van der Waals surface area contributed by atoms with Gasteiger partial charge < -0.3 is 19.3 Å². The first-order valence-electron chi connectivity index (χ1n) is 14.8. The van der Waals surface area contributed by atoms with Gasteiger partial charge >= 0.3 is 6.18 Å². The number of nitrogens with zero attached hydrogens (tertiary/aromatic N) is 4. The second kappa shape index (κ2) is 11.7. The minimum Gasteiger partial charge on any atom is -0.366 e. The van der Waals surface area contributed by atoms with Gasteiger partial charge in [0.05, 0.1) is 27.7 Å². The Morgan fingerprint density at radius 1 is 0.935 bits per heavy atom. The Hall–Kier alpha value is -4.58. The van der Waals surface area contributed by atoms with Crippen molar-refractivity contribution in [3.8, 4) is 11.4 Å². The van der Waals surface area contributed by atoms with Gasteiger partial charge in [-0.25, -0.2) is 8.78 Å². The first-order chi connectivity index (χ1) is 21.7. The summed E-state index contributed by atoms with van der Waals surface area (Å²) >= 11 is 0. The maximum atomic E-state index is 15.8. The molecule has 1 saturated heterocycles. The fourth-order valence-electron chi connectivity index (χ4n) is 6.03. The smallest absolute Gasteiger partial charge is 0.366 e. The molecular weight excluding hydrogens is 605 g/mol. The highest BCUT2D eigenvalue weighted by molar-refractivity contribution is 5.86. The summed E-state index contributed by atoms with van der Waals surface area (Å²) in [6, 6.07) is 13.6. The van der Waals surface area contributed by atoms with E-state index in [1.807, 2.05) is 32.6 Å². The predicted molar refractivity (Wildman–Crippen MR) is 165 cm³/mol. The van der Waals surface area contributed by atoms with E-state index in [0.717, 1.165) is 12.1 Å². The summed E-state index contributed by atoms with van der Waals surface area (Å²) in [4.78, 5) is 20.3. The van der Waals surface area contributed by atoms with Crippen molar-refractivity contribution in [1.82, 2.24) is 20.0 Å². The Kier molecular flexibility index (Phi) is 7.95. The third-order valence-corrected chi connectivity index (χ3v) is 8.45. The zero-order valence-corrected chi connectivity index (χ0v) is 25.6. The molecule has 0 spiro atoms. The van der Waals surface area contributed by atoms with Crippen molar-refractivity contribution >= 4 is 16.6 Å². The SMILES string of the molecule is C[C@@H]1CN(c2cc3c(cc2F)c(=O)c(-c2noc(C(C)(C)c4ccc(F)cc4)n2)cn3Cc2ccc(C(F)(F)F)cc2)C[C@H](C)N1. The van der Waals surface area contributed by atoms with Crippen molar-refractivity contribution in [3.05, 3.63) is 111 Å². The van der Waals surface area contributed by atoms with Crippen molar-refractivity contribution in [2.75, 3.05) is 18.0 Å². The van der Waals surface area contributed by atoms with Crippen molar-refractivity contribution in [2.24, 2.45) is 0 Å². The second-order valence-corrected chi connectivity index (χ2v) is 12.4. The van der Waals surface area contributed by atoms with E-state index < -0.39 is 34.2 Å². The van der Waals surface area contributed by atoms with Crippen LogP contribution >= 0.6 is 0 Å². The van der Waals surface area contributed by atoms with Gasteiger partial charge in [0.1, 0.15) is 11.6 Å². The summed E-state index contributed by atoms with van der Waals surface area (Å²) in [5.74, 6) is -0.832. The molecule has 0 amide bonds. The van der Waals surface area contributed by atoms with Gasteiger partial charge in [-0.05, 0) is 75.2 Å². The van der Waals surface area contributed by atoms with Gasteiger partial charge in [-0.2, -0.15) is 18.2 Å². The van der Waals surface area contributed by atoms with E-state index in [4.69, 9.17) is 4.52 Å². The standard InChI is InChI=1S/C34H32F5N5O2/c1-19-15-43(16-20(2)40-19)29-14-28-25(13-27(29)36)30(45)26(18-44(28)17-21-5-7-23(8-6-21)34(37,38)39)31-41-32(46-42-31)33(3,4)22-9-11-24(35)12-10-22/h5-14,18-20,40H,15-17H2,1-4H3/t19-,20+. The number of fused-ring (bicyclic) bond motifs is 1. The van der Waals surface area contributed by atoms with Crippen LogP contribution in [0.2, 0.25) is 0 Å². The molecule has 1 aliphatic heterocycles. The number of hydrogen-bond acceptors (Lipinski definition) is 6. The summed E-state index contributed by atoms with van der Waals surface area (Å²) in [6.45, 7) is 8.81. The predicted octanol–water partition coefficient (Wildman–Crippen LogP) is 6.91. The molecule has 0 saturated carbocycles. The highest BCUT2D eigenvalue weighted by atomic mass is 19.4. The Morgan fingerprint density at radius 3 is 2.20 bits per heavy atom. The fraction of sp³-hybridized carbons (Fsp3) is 0.324. The molecule has 7 nitrogen and oxygen atoms in total. The molecule has 1 aliphatic rings. The molecule has 2 aromatic heterocycles. The molecule has 0 radical (unpaired) electrons. The van der Waals surface area contributed by atoms with Crippen LogP contribution in [0.1, 0.15) is 50.3 Å². The molecule has 3 aromatic carbocycles. The number of pyridine rings is 1. The normalized spacial score (nSPS) is 17.5. The van der Waals surface area contributed by atoms with Crippen LogP contribution in [-0.2, 0) is 18.1 Å². The summed E-state index contributed by atoms with van der Waals surface area (Å²) in [6.07, 6.45) is -2.97. The number of nitrogens with one attached hydrogen (secondary N) is 1. The number of benzene rings is 3. The number of hydrogen-bond donors (Lipinski definition) is 1. The number of rotatable bonds is 6. The molecule has 6 rings (SSSR count). The van der Waals surface area contributed by atoms with E-state index in [-0.39, 0.29) is 41.3 Å². The van der Waals surface area contributed by atoms with E-state index >= 15 is 4.39 Å². The molecule has 5 aromatic rings. The Morgan fingerprint density at radius 2 is 1.57 bits per heavy atom. The Labute approximate surface area is 261 Å². The lowest BCUT2D eigenvalue weighted by Gasteiger charge is -2.38. The molecule has 1 fully saturated rings. The largest absolute Gasteiger partial charge is 0.416 e. The van der Waals surface area contributed by atoms with Crippen LogP contribution < -0.4 is 15.6 Å². The molecule has 0 aliphatic carbocycles. The van der Waals surface area contributed by atoms with Gasteiger partial charge in [0.2, 0.25) is 17.1 Å². The highest BCUT2D eigenvalue weighted by Gasteiger charge is 2.32. The molecule has 1 N–H and O–H groups in total. The lowest BCUT2D eigenvalue weighted by atomic mass is 9.84. The van der Waals surface area contributed by atoms with Gasteiger partial charge in [0, 0.05) is 43.3 Å². The van der Waals surface area contributed by atoms with Crippen LogP contribution in [0.3, 0.4) is 0 Å². The molecule has 0 bridgehead atoms. The second-order valence-electron chi connectivity index (χ2n) is 12.4. The first-order valence-corrected chi connectivity index (χ1v) is 14.8. The monoisotopic (exact) mass is 637 g/mol. The van der Waals surface area contributed by atoms with E-state index in [1.165, 1.54) is 36.5 Å². The maximum Gasteiger partial charge on any atom is 0.416 e. The summed E-state index contributed by atoms with van der Waals surface area (Å²) in [5.41, 5.74) is -0.162. The third kappa shape index (κ3) is 6.01. The summed E-state index contributed by atoms with van der Waals surface area (Å²) in [7, 11) is 0. The molecule has 12 heteroatoms. The van der Waals surface area contributed by atoms with Crippen LogP contribution in [0.4, 0.5) is 27.6 Å². The zero-order valence-electron chi connectivity index (χ0n) is 25.6. The van der Waals surface area contributed by atoms with E-state index in [0.29, 0.717) is 35.4 Å². The lowest BCUT2D eigenvalue weighted by molar-refractivity contribution is -0.137. The van der Waals surface area contributed by atoms with Crippen LogP contribution in [0, 0.1) is 11.6 Å². The Bertz CT molecular complexity index is 1940. The highest BCUT2D eigenvalue weighted by Crippen LogP contribution is 2.33. The van der Waals surface area contributed by atoms with Gasteiger partial charge in [0.15, 0.2) is 0 Å². The minimum absolute atomic E-state index is 0.0286. The van der Waals surface area contributed by atoms with Crippen LogP contribution in [0.5, 0.6) is 0 Å². The van der Waals surface area contributed by atoms with Gasteiger partial charge in [-0.1, -0.05) is 29.4 Å². The molecule has 3 heterocycles. The fourth-order valence-corrected chi connectivity index (χ4v) is 6.03. The van der Waals surface area contributed by atoms with Crippen LogP contribution in [0.15, 0.2) is 76.2 Å². The lowest BCUT2D eigenvalue weighted by Crippen LogP contribution is -2.54. The molecule has 0 unspecified atom stereocenters. The van der Waals surface area contributed by atoms with Gasteiger partial charge in [0.25, 0.3) is 0 Å². The van der Waals surface area contributed by atoms with Crippen molar-refractivity contribution < 1.29 is 26.5 Å². The van der Waals surface area contributed by atoms with Gasteiger partial charge in [-0.15, -0.1) is 0 Å². The average Bonchev–Trinajstić information content (AvgIpc) is 3.49. The minimum atomic E-state index is -4.49. The number of halogens is 5. The summed E-state index contributed by atoms with van der Waals surface area (Å²) < 4.78 is 76.3. The topological polar surface area (TPSA) is 76.2 Å². The zero-order chi connectivity index (χ0) is 33.0. The quantitative estimate of drug-likeness (QED) is 0.204. The van der Waals surface area contributed by atoms with Crippen molar-refractivity contribution in [1.29, 1.82) is 0 Å². The first kappa shape index (κ1) is 31.4. The molecule has 240 valence electrons. The summed E-state index contributed by atoms with van der Waals surface area (Å²) in [5, 5.41) is 7.55. The molecule has 2 atom stereocenters.